The molecule has 1 amide bonds. The van der Waals surface area contributed by atoms with Gasteiger partial charge in [0.1, 0.15) is 0 Å². The third-order valence-corrected chi connectivity index (χ3v) is 4.31. The Labute approximate surface area is 115 Å². The average Bonchev–Trinajstić information content (AvgIpc) is 2.90. The largest absolute Gasteiger partial charge is 0.334 e. The van der Waals surface area contributed by atoms with Crippen LogP contribution in [-0.4, -0.2) is 23.4 Å². The molecule has 1 atom stereocenters. The molecule has 3 heteroatoms. The van der Waals surface area contributed by atoms with E-state index in [0.29, 0.717) is 18.4 Å². The molecule has 1 N–H and O–H groups in total. The fraction of sp³-hybridized carbons (Fsp3) is 0.562. The van der Waals surface area contributed by atoms with E-state index >= 15 is 0 Å². The first-order valence-electron chi connectivity index (χ1n) is 7.41. The molecule has 1 fully saturated rings. The van der Waals surface area contributed by atoms with Gasteiger partial charge in [-0.2, -0.15) is 0 Å². The molecule has 1 aromatic carbocycles. The molecular weight excluding hydrogens is 236 g/mol. The van der Waals surface area contributed by atoms with Gasteiger partial charge in [0.25, 0.3) is 0 Å². The van der Waals surface area contributed by atoms with Crippen LogP contribution in [-0.2, 0) is 17.9 Å². The standard InChI is InChI=1S/C16H22N2O/c19-16(9-8-15-7-3-4-10-17-15)18-11-13-5-1-2-6-14(13)12-18/h1-2,5-6,15,17H,3-4,7-12H2. The average molecular weight is 258 g/mol. The SMILES string of the molecule is O=C(CCC1CCCCN1)N1Cc2ccccc2C1. The second kappa shape index (κ2) is 5.74. The number of fused-ring (bicyclic) bond motifs is 1. The number of hydrogen-bond donors (Lipinski definition) is 1. The summed E-state index contributed by atoms with van der Waals surface area (Å²) in [6.45, 7) is 2.72. The van der Waals surface area contributed by atoms with Crippen molar-refractivity contribution in [2.24, 2.45) is 0 Å². The lowest BCUT2D eigenvalue weighted by molar-refractivity contribution is -0.132. The smallest absolute Gasteiger partial charge is 0.223 e. The first-order valence-corrected chi connectivity index (χ1v) is 7.41. The van der Waals surface area contributed by atoms with Gasteiger partial charge in [-0.05, 0) is 36.9 Å². The molecule has 2 heterocycles. The topological polar surface area (TPSA) is 32.3 Å². The van der Waals surface area contributed by atoms with Crippen molar-refractivity contribution in [3.8, 4) is 0 Å². The van der Waals surface area contributed by atoms with Crippen molar-refractivity contribution < 1.29 is 4.79 Å². The second-order valence-corrected chi connectivity index (χ2v) is 5.70. The molecule has 19 heavy (non-hydrogen) atoms. The highest BCUT2D eigenvalue weighted by Gasteiger charge is 2.23. The summed E-state index contributed by atoms with van der Waals surface area (Å²) in [7, 11) is 0. The van der Waals surface area contributed by atoms with Gasteiger partial charge in [0, 0.05) is 25.6 Å². The fourth-order valence-corrected chi connectivity index (χ4v) is 3.14. The Morgan fingerprint density at radius 2 is 1.95 bits per heavy atom. The Balaban J connectivity index is 1.49. The maximum Gasteiger partial charge on any atom is 0.223 e. The highest BCUT2D eigenvalue weighted by molar-refractivity contribution is 5.77. The zero-order valence-corrected chi connectivity index (χ0v) is 11.4. The highest BCUT2D eigenvalue weighted by atomic mass is 16.2. The molecule has 2 aliphatic heterocycles. The minimum absolute atomic E-state index is 0.309. The van der Waals surface area contributed by atoms with E-state index in [-0.39, 0.29) is 0 Å². The van der Waals surface area contributed by atoms with Crippen LogP contribution in [0.1, 0.15) is 43.2 Å². The van der Waals surface area contributed by atoms with Crippen LogP contribution >= 0.6 is 0 Å². The number of hydrogen-bond acceptors (Lipinski definition) is 2. The summed E-state index contributed by atoms with van der Waals surface area (Å²) in [4.78, 5) is 14.2. The van der Waals surface area contributed by atoms with Crippen molar-refractivity contribution in [1.29, 1.82) is 0 Å². The van der Waals surface area contributed by atoms with Crippen molar-refractivity contribution in [1.82, 2.24) is 10.2 Å². The number of nitrogens with one attached hydrogen (secondary N) is 1. The van der Waals surface area contributed by atoms with E-state index in [4.69, 9.17) is 0 Å². The maximum absolute atomic E-state index is 12.3. The quantitative estimate of drug-likeness (QED) is 0.903. The van der Waals surface area contributed by atoms with Crippen LogP contribution in [0.5, 0.6) is 0 Å². The Morgan fingerprint density at radius 3 is 2.58 bits per heavy atom. The predicted molar refractivity (Wildman–Crippen MR) is 75.6 cm³/mol. The van der Waals surface area contributed by atoms with E-state index in [1.807, 2.05) is 4.90 Å². The van der Waals surface area contributed by atoms with E-state index in [1.54, 1.807) is 0 Å². The Morgan fingerprint density at radius 1 is 1.21 bits per heavy atom. The molecule has 1 saturated heterocycles. The molecule has 2 aliphatic rings. The summed E-state index contributed by atoms with van der Waals surface area (Å²) in [5.74, 6) is 0.309. The van der Waals surface area contributed by atoms with Gasteiger partial charge >= 0.3 is 0 Å². The molecule has 0 aliphatic carbocycles. The molecule has 102 valence electrons. The van der Waals surface area contributed by atoms with Crippen molar-refractivity contribution in [3.63, 3.8) is 0 Å². The van der Waals surface area contributed by atoms with Gasteiger partial charge in [0.15, 0.2) is 0 Å². The highest BCUT2D eigenvalue weighted by Crippen LogP contribution is 2.23. The first-order chi connectivity index (χ1) is 9.33. The van der Waals surface area contributed by atoms with Crippen LogP contribution in [0, 0.1) is 0 Å². The summed E-state index contributed by atoms with van der Waals surface area (Å²) < 4.78 is 0. The lowest BCUT2D eigenvalue weighted by atomic mass is 10.0. The molecule has 0 radical (unpaired) electrons. The van der Waals surface area contributed by atoms with Crippen molar-refractivity contribution >= 4 is 5.91 Å². The zero-order valence-electron chi connectivity index (χ0n) is 11.4. The van der Waals surface area contributed by atoms with Crippen molar-refractivity contribution in [3.05, 3.63) is 35.4 Å². The summed E-state index contributed by atoms with van der Waals surface area (Å²) in [5.41, 5.74) is 2.62. The molecule has 1 unspecified atom stereocenters. The van der Waals surface area contributed by atoms with Crippen molar-refractivity contribution in [2.45, 2.75) is 51.2 Å². The van der Waals surface area contributed by atoms with E-state index in [1.165, 1.54) is 30.4 Å². The number of carbonyl (C=O) groups is 1. The van der Waals surface area contributed by atoms with Gasteiger partial charge in [-0.1, -0.05) is 30.7 Å². The number of amides is 1. The lowest BCUT2D eigenvalue weighted by Gasteiger charge is -2.24. The summed E-state index contributed by atoms with van der Waals surface area (Å²) in [5, 5.41) is 3.51. The van der Waals surface area contributed by atoms with Crippen LogP contribution in [0.15, 0.2) is 24.3 Å². The molecule has 0 saturated carbocycles. The predicted octanol–water partition coefficient (Wildman–Crippen LogP) is 2.45. The number of rotatable bonds is 3. The van der Waals surface area contributed by atoms with Gasteiger partial charge in [-0.3, -0.25) is 4.79 Å². The first kappa shape index (κ1) is 12.7. The number of benzene rings is 1. The number of carbonyl (C=O) groups excluding carboxylic acids is 1. The van der Waals surface area contributed by atoms with Crippen LogP contribution < -0.4 is 5.32 Å². The third kappa shape index (κ3) is 2.98. The molecule has 3 nitrogen and oxygen atoms in total. The van der Waals surface area contributed by atoms with Gasteiger partial charge in [-0.25, -0.2) is 0 Å². The summed E-state index contributed by atoms with van der Waals surface area (Å²) >= 11 is 0. The van der Waals surface area contributed by atoms with Gasteiger partial charge < -0.3 is 10.2 Å². The van der Waals surface area contributed by atoms with Gasteiger partial charge in [0.05, 0.1) is 0 Å². The van der Waals surface area contributed by atoms with Crippen LogP contribution in [0.2, 0.25) is 0 Å². The Kier molecular flexibility index (Phi) is 3.83. The number of piperidine rings is 1. The monoisotopic (exact) mass is 258 g/mol. The maximum atomic E-state index is 12.3. The fourth-order valence-electron chi connectivity index (χ4n) is 3.14. The minimum atomic E-state index is 0.309. The molecule has 0 aromatic heterocycles. The van der Waals surface area contributed by atoms with E-state index in [2.05, 4.69) is 29.6 Å². The van der Waals surface area contributed by atoms with Crippen LogP contribution in [0.4, 0.5) is 0 Å². The van der Waals surface area contributed by atoms with Crippen LogP contribution in [0.25, 0.3) is 0 Å². The van der Waals surface area contributed by atoms with E-state index in [0.717, 1.165) is 26.1 Å². The Bertz CT molecular complexity index is 427. The third-order valence-electron chi connectivity index (χ3n) is 4.31. The molecule has 3 rings (SSSR count). The Hall–Kier alpha value is -1.35. The van der Waals surface area contributed by atoms with E-state index in [9.17, 15) is 4.79 Å². The van der Waals surface area contributed by atoms with E-state index < -0.39 is 0 Å². The minimum Gasteiger partial charge on any atom is -0.334 e. The second-order valence-electron chi connectivity index (χ2n) is 5.70. The number of nitrogens with zero attached hydrogens (tertiary/aromatic N) is 1. The van der Waals surface area contributed by atoms with Crippen LogP contribution in [0.3, 0.4) is 0 Å². The molecular formula is C16H22N2O. The zero-order chi connectivity index (χ0) is 13.1. The van der Waals surface area contributed by atoms with Crippen molar-refractivity contribution in [2.75, 3.05) is 6.54 Å². The normalized spacial score (nSPS) is 22.3. The van der Waals surface area contributed by atoms with Gasteiger partial charge in [-0.15, -0.1) is 0 Å². The molecule has 1 aromatic rings. The summed E-state index contributed by atoms with van der Waals surface area (Å²) in [6, 6.07) is 8.93. The summed E-state index contributed by atoms with van der Waals surface area (Å²) in [6.07, 6.45) is 5.50. The van der Waals surface area contributed by atoms with Gasteiger partial charge in [0.2, 0.25) is 5.91 Å². The molecule has 0 spiro atoms. The lowest BCUT2D eigenvalue weighted by Crippen LogP contribution is -2.35. The molecule has 0 bridgehead atoms.